The van der Waals surface area contributed by atoms with Crippen LogP contribution in [0.1, 0.15) is 35.5 Å². The standard InChI is InChI=1S/C16H21N3O5S/c1-10-7-12(17-24-10)16(21)19-6-5-18(15(20)11-3-2-4-11)13-8-25(22,23)9-14(13)19/h7,11,13-14H,2-6,8-9H2,1H3/t13-,14+/m1/s1. The Kier molecular flexibility index (Phi) is 3.86. The van der Waals surface area contributed by atoms with Crippen molar-refractivity contribution in [2.45, 2.75) is 38.3 Å². The van der Waals surface area contributed by atoms with Crippen LogP contribution in [0, 0.1) is 12.8 Å². The topological polar surface area (TPSA) is 101 Å². The number of carbonyl (C=O) groups is 2. The number of hydrogen-bond donors (Lipinski definition) is 0. The second-order valence-corrected chi connectivity index (χ2v) is 9.35. The Bertz CT molecular complexity index is 813. The maximum atomic E-state index is 12.7. The molecular formula is C16H21N3O5S. The molecule has 1 aromatic rings. The van der Waals surface area contributed by atoms with Crippen molar-refractivity contribution < 1.29 is 22.5 Å². The molecule has 3 aliphatic rings. The summed E-state index contributed by atoms with van der Waals surface area (Å²) < 4.78 is 29.4. The lowest BCUT2D eigenvalue weighted by molar-refractivity contribution is -0.143. The lowest BCUT2D eigenvalue weighted by atomic mass is 9.83. The van der Waals surface area contributed by atoms with Crippen LogP contribution < -0.4 is 0 Å². The smallest absolute Gasteiger partial charge is 0.276 e. The molecule has 1 aromatic heterocycles. The van der Waals surface area contributed by atoms with Crippen LogP contribution in [0.4, 0.5) is 0 Å². The molecule has 0 spiro atoms. The number of amides is 2. The molecule has 4 rings (SSSR count). The molecule has 2 atom stereocenters. The number of aryl methyl sites for hydroxylation is 1. The van der Waals surface area contributed by atoms with Gasteiger partial charge in [-0.1, -0.05) is 11.6 Å². The third-order valence-corrected chi connectivity index (χ3v) is 7.22. The molecule has 1 aliphatic carbocycles. The molecule has 2 saturated heterocycles. The molecule has 9 heteroatoms. The van der Waals surface area contributed by atoms with Gasteiger partial charge in [0.05, 0.1) is 23.6 Å². The van der Waals surface area contributed by atoms with Crippen molar-refractivity contribution in [2.75, 3.05) is 24.6 Å². The molecule has 8 nitrogen and oxygen atoms in total. The number of rotatable bonds is 2. The maximum Gasteiger partial charge on any atom is 0.276 e. The molecule has 3 fully saturated rings. The SMILES string of the molecule is Cc1cc(C(=O)N2CCN(C(=O)C3CCC3)[C@@H]3CS(=O)(=O)C[C@@H]32)no1. The average molecular weight is 367 g/mol. The lowest BCUT2D eigenvalue weighted by Gasteiger charge is -2.45. The fraction of sp³-hybridized carbons (Fsp3) is 0.688. The van der Waals surface area contributed by atoms with Crippen molar-refractivity contribution in [3.63, 3.8) is 0 Å². The Hall–Kier alpha value is -1.90. The molecule has 1 saturated carbocycles. The predicted molar refractivity (Wildman–Crippen MR) is 87.6 cm³/mol. The molecule has 136 valence electrons. The number of piperazine rings is 1. The second-order valence-electron chi connectivity index (χ2n) is 7.19. The minimum atomic E-state index is -3.28. The van der Waals surface area contributed by atoms with Crippen molar-refractivity contribution in [3.05, 3.63) is 17.5 Å². The minimum absolute atomic E-state index is 0.0180. The van der Waals surface area contributed by atoms with Gasteiger partial charge in [0, 0.05) is 25.1 Å². The van der Waals surface area contributed by atoms with Crippen LogP contribution in [-0.2, 0) is 14.6 Å². The first kappa shape index (κ1) is 16.6. The largest absolute Gasteiger partial charge is 0.361 e. The summed E-state index contributed by atoms with van der Waals surface area (Å²) in [5.74, 6) is 0.0801. The summed E-state index contributed by atoms with van der Waals surface area (Å²) in [6.07, 6.45) is 2.80. The highest BCUT2D eigenvalue weighted by molar-refractivity contribution is 7.91. The molecular weight excluding hydrogens is 346 g/mol. The Morgan fingerprint density at radius 1 is 1.16 bits per heavy atom. The highest BCUT2D eigenvalue weighted by atomic mass is 32.2. The molecule has 0 N–H and O–H groups in total. The van der Waals surface area contributed by atoms with E-state index in [2.05, 4.69) is 5.16 Å². The van der Waals surface area contributed by atoms with Gasteiger partial charge in [0.2, 0.25) is 5.91 Å². The van der Waals surface area contributed by atoms with Crippen LogP contribution in [-0.4, -0.2) is 71.9 Å². The van der Waals surface area contributed by atoms with Gasteiger partial charge in [-0.25, -0.2) is 8.42 Å². The molecule has 0 aromatic carbocycles. The highest BCUT2D eigenvalue weighted by Gasteiger charge is 2.50. The maximum absolute atomic E-state index is 12.7. The van der Waals surface area contributed by atoms with E-state index in [1.165, 1.54) is 0 Å². The van der Waals surface area contributed by atoms with Gasteiger partial charge >= 0.3 is 0 Å². The van der Waals surface area contributed by atoms with Gasteiger partial charge in [-0.3, -0.25) is 9.59 Å². The first-order valence-electron chi connectivity index (χ1n) is 8.61. The molecule has 25 heavy (non-hydrogen) atoms. The van der Waals surface area contributed by atoms with Crippen molar-refractivity contribution in [1.29, 1.82) is 0 Å². The third kappa shape index (κ3) is 2.84. The van der Waals surface area contributed by atoms with E-state index in [1.807, 2.05) is 0 Å². The molecule has 0 radical (unpaired) electrons. The van der Waals surface area contributed by atoms with Crippen LogP contribution in [0.25, 0.3) is 0 Å². The van der Waals surface area contributed by atoms with Crippen LogP contribution in [0.3, 0.4) is 0 Å². The molecule has 0 unspecified atom stereocenters. The van der Waals surface area contributed by atoms with Crippen LogP contribution in [0.15, 0.2) is 10.6 Å². The summed E-state index contributed by atoms with van der Waals surface area (Å²) in [4.78, 5) is 28.7. The zero-order valence-corrected chi connectivity index (χ0v) is 14.9. The van der Waals surface area contributed by atoms with E-state index in [-0.39, 0.29) is 34.9 Å². The first-order valence-corrected chi connectivity index (χ1v) is 10.4. The third-order valence-electron chi connectivity index (χ3n) is 5.52. The van der Waals surface area contributed by atoms with E-state index in [0.29, 0.717) is 18.8 Å². The molecule has 0 bridgehead atoms. The number of fused-ring (bicyclic) bond motifs is 1. The van der Waals surface area contributed by atoms with Crippen LogP contribution >= 0.6 is 0 Å². The Balaban J connectivity index is 1.60. The summed E-state index contributed by atoms with van der Waals surface area (Å²) in [5, 5.41) is 3.75. The summed E-state index contributed by atoms with van der Waals surface area (Å²) in [6, 6.07) is 0.586. The van der Waals surface area contributed by atoms with Crippen LogP contribution in [0.2, 0.25) is 0 Å². The molecule has 2 aliphatic heterocycles. The number of nitrogens with zero attached hydrogens (tertiary/aromatic N) is 3. The van der Waals surface area contributed by atoms with E-state index in [4.69, 9.17) is 4.52 Å². The molecule has 2 amide bonds. The van der Waals surface area contributed by atoms with Crippen molar-refractivity contribution >= 4 is 21.7 Å². The minimum Gasteiger partial charge on any atom is -0.361 e. The summed E-state index contributed by atoms with van der Waals surface area (Å²) in [6.45, 7) is 2.39. The van der Waals surface area contributed by atoms with Gasteiger partial charge in [-0.2, -0.15) is 0 Å². The number of sulfone groups is 1. The van der Waals surface area contributed by atoms with Crippen molar-refractivity contribution in [1.82, 2.24) is 15.0 Å². The normalized spacial score (nSPS) is 28.5. The van der Waals surface area contributed by atoms with Crippen molar-refractivity contribution in [2.24, 2.45) is 5.92 Å². The Morgan fingerprint density at radius 3 is 2.36 bits per heavy atom. The summed E-state index contributed by atoms with van der Waals surface area (Å²) in [5.41, 5.74) is 0.180. The van der Waals surface area contributed by atoms with Crippen LogP contribution in [0.5, 0.6) is 0 Å². The summed E-state index contributed by atoms with van der Waals surface area (Å²) >= 11 is 0. The second kappa shape index (κ2) is 5.82. The van der Waals surface area contributed by atoms with E-state index >= 15 is 0 Å². The van der Waals surface area contributed by atoms with E-state index in [1.54, 1.807) is 22.8 Å². The van der Waals surface area contributed by atoms with Gasteiger partial charge in [0.15, 0.2) is 15.5 Å². The summed E-state index contributed by atoms with van der Waals surface area (Å²) in [7, 11) is -3.28. The Labute approximate surface area is 146 Å². The fourth-order valence-electron chi connectivity index (χ4n) is 3.98. The van der Waals surface area contributed by atoms with Gasteiger partial charge < -0.3 is 14.3 Å². The van der Waals surface area contributed by atoms with E-state index in [9.17, 15) is 18.0 Å². The lowest BCUT2D eigenvalue weighted by Crippen LogP contribution is -2.63. The first-order chi connectivity index (χ1) is 11.9. The molecule has 3 heterocycles. The van der Waals surface area contributed by atoms with Gasteiger partial charge in [-0.05, 0) is 19.8 Å². The number of aromatic nitrogens is 1. The number of carbonyl (C=O) groups excluding carboxylic acids is 2. The van der Waals surface area contributed by atoms with E-state index in [0.717, 1.165) is 19.3 Å². The number of hydrogen-bond acceptors (Lipinski definition) is 6. The van der Waals surface area contributed by atoms with Gasteiger partial charge in [0.25, 0.3) is 5.91 Å². The predicted octanol–water partition coefficient (Wildman–Crippen LogP) is 0.233. The average Bonchev–Trinajstić information content (AvgIpc) is 3.05. The monoisotopic (exact) mass is 367 g/mol. The Morgan fingerprint density at radius 2 is 1.80 bits per heavy atom. The van der Waals surface area contributed by atoms with Crippen molar-refractivity contribution in [3.8, 4) is 0 Å². The fourth-order valence-corrected chi connectivity index (χ4v) is 5.96. The van der Waals surface area contributed by atoms with E-state index < -0.39 is 21.9 Å². The quantitative estimate of drug-likeness (QED) is 0.742. The zero-order chi connectivity index (χ0) is 17.8. The zero-order valence-electron chi connectivity index (χ0n) is 14.1. The van der Waals surface area contributed by atoms with Gasteiger partial charge in [-0.15, -0.1) is 0 Å². The van der Waals surface area contributed by atoms with Gasteiger partial charge in [0.1, 0.15) is 5.76 Å². The highest BCUT2D eigenvalue weighted by Crippen LogP contribution is 2.33.